The van der Waals surface area contributed by atoms with Gasteiger partial charge in [-0.2, -0.15) is 0 Å². The third-order valence-corrected chi connectivity index (χ3v) is 6.55. The molecule has 2 N–H and O–H groups in total. The van der Waals surface area contributed by atoms with Crippen molar-refractivity contribution in [2.45, 2.75) is 11.7 Å². The van der Waals surface area contributed by atoms with Gasteiger partial charge in [0.2, 0.25) is 0 Å². The van der Waals surface area contributed by atoms with E-state index in [-0.39, 0.29) is 11.5 Å². The highest BCUT2D eigenvalue weighted by molar-refractivity contribution is 8.55. The average molecular weight is 382 g/mol. The third-order valence-electron chi connectivity index (χ3n) is 2.81. The number of para-hydroxylation sites is 2. The Morgan fingerprint density at radius 1 is 0.920 bits per heavy atom. The van der Waals surface area contributed by atoms with Crippen LogP contribution in [-0.4, -0.2) is 27.4 Å². The maximum Gasteiger partial charge on any atom is 0.493 e. The number of benzene rings is 2. The molecule has 0 aromatic heterocycles. The first-order valence-corrected chi connectivity index (χ1v) is 10.1. The smallest absolute Gasteiger partial charge is 0.481 e. The fourth-order valence-electron chi connectivity index (χ4n) is 1.77. The van der Waals surface area contributed by atoms with E-state index >= 15 is 0 Å². The number of aliphatic carboxylic acids is 2. The minimum atomic E-state index is -4.06. The van der Waals surface area contributed by atoms with Crippen molar-refractivity contribution < 1.29 is 33.4 Å². The summed E-state index contributed by atoms with van der Waals surface area (Å²) in [5, 5.41) is 16.6. The zero-order valence-electron chi connectivity index (χ0n) is 12.8. The van der Waals surface area contributed by atoms with Crippen LogP contribution < -0.4 is 9.05 Å². The fraction of sp³-hybridized carbons (Fsp3) is 0.125. The molecule has 0 saturated carbocycles. The minimum Gasteiger partial charge on any atom is -0.481 e. The van der Waals surface area contributed by atoms with E-state index in [0.29, 0.717) is 11.4 Å². The van der Waals surface area contributed by atoms with Crippen molar-refractivity contribution >= 4 is 30.1 Å². The first-order valence-electron chi connectivity index (χ1n) is 7.10. The van der Waals surface area contributed by atoms with Crippen LogP contribution in [0.15, 0.2) is 60.7 Å². The molecule has 0 bridgehead atoms. The highest BCUT2D eigenvalue weighted by atomic mass is 32.7. The van der Waals surface area contributed by atoms with Gasteiger partial charge in [0.1, 0.15) is 16.7 Å². The van der Waals surface area contributed by atoms with Crippen LogP contribution in [0.5, 0.6) is 11.5 Å². The topological polar surface area (TPSA) is 110 Å². The second-order valence-corrected chi connectivity index (χ2v) is 8.80. The molecule has 2 aromatic rings. The second kappa shape index (κ2) is 8.60. The molecule has 25 heavy (non-hydrogen) atoms. The number of hydrogen-bond acceptors (Lipinski definition) is 6. The summed E-state index contributed by atoms with van der Waals surface area (Å²) in [5.74, 6) is -2.31. The standard InChI is InChI=1S/C16H15O7PS/c17-15(18)11-14(16(19)20)25-24(21,22-12-7-3-1-4-8-12)23-13-9-5-2-6-10-13/h1-10,14H,11H2,(H,17,18)(H,19,20). The van der Waals surface area contributed by atoms with Gasteiger partial charge in [0.25, 0.3) is 0 Å². The quantitative estimate of drug-likeness (QED) is 0.628. The van der Waals surface area contributed by atoms with Crippen LogP contribution in [0, 0.1) is 0 Å². The number of hydrogen-bond donors (Lipinski definition) is 2. The second-order valence-electron chi connectivity index (χ2n) is 4.79. The number of carbonyl (C=O) groups is 2. The van der Waals surface area contributed by atoms with Crippen LogP contribution in [0.1, 0.15) is 6.42 Å². The fourth-order valence-corrected chi connectivity index (χ4v) is 5.47. The molecule has 1 unspecified atom stereocenters. The Labute approximate surface area is 147 Å². The summed E-state index contributed by atoms with van der Waals surface area (Å²) in [6, 6.07) is 16.2. The van der Waals surface area contributed by atoms with Crippen LogP contribution in [0.4, 0.5) is 0 Å². The molecule has 0 aliphatic heterocycles. The molecule has 2 aromatic carbocycles. The molecule has 0 amide bonds. The predicted octanol–water partition coefficient (Wildman–Crippen LogP) is 3.91. The lowest BCUT2D eigenvalue weighted by molar-refractivity contribution is -0.142. The Hall–Kier alpha value is -2.44. The third kappa shape index (κ3) is 6.17. The van der Waals surface area contributed by atoms with E-state index < -0.39 is 30.4 Å². The van der Waals surface area contributed by atoms with E-state index in [1.54, 1.807) is 36.4 Å². The zero-order valence-corrected chi connectivity index (χ0v) is 14.6. The summed E-state index contributed by atoms with van der Waals surface area (Å²) >= 11 is 0.349. The minimum absolute atomic E-state index is 0.216. The van der Waals surface area contributed by atoms with Crippen LogP contribution in [-0.2, 0) is 14.2 Å². The normalized spacial score (nSPS) is 12.2. The lowest BCUT2D eigenvalue weighted by Gasteiger charge is -2.21. The first-order chi connectivity index (χ1) is 11.9. The van der Waals surface area contributed by atoms with Crippen LogP contribution in [0.25, 0.3) is 0 Å². The Balaban J connectivity index is 2.28. The largest absolute Gasteiger partial charge is 0.493 e. The first kappa shape index (κ1) is 18.9. The average Bonchev–Trinajstić information content (AvgIpc) is 2.55. The lowest BCUT2D eigenvalue weighted by atomic mass is 10.3. The van der Waals surface area contributed by atoms with Gasteiger partial charge < -0.3 is 19.3 Å². The van der Waals surface area contributed by atoms with Gasteiger partial charge in [0.05, 0.1) is 6.42 Å². The van der Waals surface area contributed by atoms with E-state index in [1.165, 1.54) is 24.3 Å². The van der Waals surface area contributed by atoms with Crippen molar-refractivity contribution in [3.05, 3.63) is 60.7 Å². The molecule has 7 nitrogen and oxygen atoms in total. The van der Waals surface area contributed by atoms with Crippen molar-refractivity contribution in [2.24, 2.45) is 0 Å². The Morgan fingerprint density at radius 2 is 1.36 bits per heavy atom. The molecule has 0 radical (unpaired) electrons. The predicted molar refractivity (Wildman–Crippen MR) is 93.0 cm³/mol. The van der Waals surface area contributed by atoms with Crippen molar-refractivity contribution in [1.29, 1.82) is 0 Å². The molecule has 9 heteroatoms. The molecular formula is C16H15O7PS. The molecule has 0 spiro atoms. The van der Waals surface area contributed by atoms with Gasteiger partial charge in [-0.15, -0.1) is 0 Å². The lowest BCUT2D eigenvalue weighted by Crippen LogP contribution is -2.21. The van der Waals surface area contributed by atoms with Gasteiger partial charge in [-0.05, 0) is 24.3 Å². The van der Waals surface area contributed by atoms with Gasteiger partial charge >= 0.3 is 18.7 Å². The molecule has 132 valence electrons. The van der Waals surface area contributed by atoms with Crippen molar-refractivity contribution in [3.8, 4) is 11.5 Å². The molecular weight excluding hydrogens is 367 g/mol. The zero-order chi connectivity index (χ0) is 18.3. The number of carboxylic acid groups (broad SMARTS) is 2. The summed E-state index contributed by atoms with van der Waals surface area (Å²) < 4.78 is 23.9. The maximum atomic E-state index is 13.1. The van der Waals surface area contributed by atoms with Crippen molar-refractivity contribution in [1.82, 2.24) is 0 Å². The number of rotatable bonds is 9. The Bertz CT molecular complexity index is 721. The Morgan fingerprint density at radius 3 is 1.72 bits per heavy atom. The summed E-state index contributed by atoms with van der Waals surface area (Å²) in [6.07, 6.45) is -0.722. The highest BCUT2D eigenvalue weighted by Gasteiger charge is 2.38. The van der Waals surface area contributed by atoms with Crippen LogP contribution in [0.3, 0.4) is 0 Å². The van der Waals surface area contributed by atoms with E-state index in [1.807, 2.05) is 0 Å². The summed E-state index contributed by atoms with van der Waals surface area (Å²) in [5.41, 5.74) is 0. The van der Waals surface area contributed by atoms with E-state index in [9.17, 15) is 19.3 Å². The van der Waals surface area contributed by atoms with Crippen LogP contribution in [0.2, 0.25) is 0 Å². The van der Waals surface area contributed by atoms with E-state index in [0.717, 1.165) is 0 Å². The Kier molecular flexibility index (Phi) is 6.50. The van der Waals surface area contributed by atoms with E-state index in [4.69, 9.17) is 14.2 Å². The van der Waals surface area contributed by atoms with E-state index in [2.05, 4.69) is 0 Å². The molecule has 0 fully saturated rings. The van der Waals surface area contributed by atoms with Crippen molar-refractivity contribution in [3.63, 3.8) is 0 Å². The van der Waals surface area contributed by atoms with Gasteiger partial charge in [-0.1, -0.05) is 36.4 Å². The SMILES string of the molecule is O=C(O)CC(SP(=O)(Oc1ccccc1)Oc1ccccc1)C(=O)O. The van der Waals surface area contributed by atoms with Gasteiger partial charge in [0.15, 0.2) is 0 Å². The molecule has 0 aliphatic rings. The van der Waals surface area contributed by atoms with Gasteiger partial charge in [-0.3, -0.25) is 9.59 Å². The highest BCUT2D eigenvalue weighted by Crippen LogP contribution is 2.61. The molecule has 0 heterocycles. The van der Waals surface area contributed by atoms with Gasteiger partial charge in [-0.25, -0.2) is 4.57 Å². The van der Waals surface area contributed by atoms with Crippen molar-refractivity contribution in [2.75, 3.05) is 0 Å². The van der Waals surface area contributed by atoms with Crippen LogP contribution >= 0.6 is 18.2 Å². The molecule has 1 atom stereocenters. The molecule has 0 saturated heterocycles. The number of carboxylic acids is 2. The molecule has 0 aliphatic carbocycles. The summed E-state index contributed by atoms with van der Waals surface area (Å²) in [7, 11) is 0. The summed E-state index contributed by atoms with van der Waals surface area (Å²) in [6.45, 7) is -4.06. The van der Waals surface area contributed by atoms with Gasteiger partial charge in [0, 0.05) is 11.4 Å². The molecule has 2 rings (SSSR count). The maximum absolute atomic E-state index is 13.1. The summed E-state index contributed by atoms with van der Waals surface area (Å²) in [4.78, 5) is 22.2. The monoisotopic (exact) mass is 382 g/mol.